The maximum Gasteiger partial charge on any atom is 0.230 e. The van der Waals surface area contributed by atoms with Crippen molar-refractivity contribution in [3.8, 4) is 0 Å². The highest BCUT2D eigenvalue weighted by molar-refractivity contribution is 7.99. The van der Waals surface area contributed by atoms with Gasteiger partial charge in [0.25, 0.3) is 0 Å². The van der Waals surface area contributed by atoms with Gasteiger partial charge in [-0.2, -0.15) is 0 Å². The first-order valence-corrected chi connectivity index (χ1v) is 11.2. The van der Waals surface area contributed by atoms with Crippen molar-refractivity contribution < 1.29 is 4.79 Å². The largest absolute Gasteiger partial charge is 0.349 e. The van der Waals surface area contributed by atoms with Crippen LogP contribution in [-0.4, -0.2) is 21.2 Å². The summed E-state index contributed by atoms with van der Waals surface area (Å²) in [5.74, 6) is 0.351. The third-order valence-corrected chi connectivity index (χ3v) is 6.07. The minimum absolute atomic E-state index is 0.0121. The number of nitrogens with zero attached hydrogens (tertiary/aromatic N) is 2. The number of imidazole rings is 1. The SMILES string of the molecule is CC(NC(=O)CSc1nc2ccccc2n1CCc1ccccc1)c1ccccc1. The zero-order valence-corrected chi connectivity index (χ0v) is 17.8. The number of hydrogen-bond donors (Lipinski definition) is 1. The van der Waals surface area contributed by atoms with Gasteiger partial charge in [0.2, 0.25) is 5.91 Å². The van der Waals surface area contributed by atoms with Gasteiger partial charge in [-0.05, 0) is 36.6 Å². The molecule has 1 atom stereocenters. The highest BCUT2D eigenvalue weighted by atomic mass is 32.2. The van der Waals surface area contributed by atoms with Crippen LogP contribution >= 0.6 is 11.8 Å². The third-order valence-electron chi connectivity index (χ3n) is 5.10. The van der Waals surface area contributed by atoms with Crippen molar-refractivity contribution in [1.29, 1.82) is 0 Å². The molecule has 1 heterocycles. The molecule has 5 heteroatoms. The molecule has 3 aromatic carbocycles. The third kappa shape index (κ3) is 4.92. The number of fused-ring (bicyclic) bond motifs is 1. The van der Waals surface area contributed by atoms with E-state index in [-0.39, 0.29) is 11.9 Å². The smallest absolute Gasteiger partial charge is 0.230 e. The molecule has 4 rings (SSSR count). The van der Waals surface area contributed by atoms with E-state index in [2.05, 4.69) is 40.2 Å². The van der Waals surface area contributed by atoms with Gasteiger partial charge < -0.3 is 9.88 Å². The fourth-order valence-electron chi connectivity index (χ4n) is 3.50. The number of thioether (sulfide) groups is 1. The highest BCUT2D eigenvalue weighted by Gasteiger charge is 2.14. The van der Waals surface area contributed by atoms with E-state index in [0.29, 0.717) is 5.75 Å². The van der Waals surface area contributed by atoms with Gasteiger partial charge in [0.15, 0.2) is 5.16 Å². The lowest BCUT2D eigenvalue weighted by molar-refractivity contribution is -0.119. The topological polar surface area (TPSA) is 46.9 Å². The molecule has 1 unspecified atom stereocenters. The van der Waals surface area contributed by atoms with Crippen LogP contribution in [0.5, 0.6) is 0 Å². The van der Waals surface area contributed by atoms with Gasteiger partial charge in [-0.15, -0.1) is 0 Å². The van der Waals surface area contributed by atoms with Crippen molar-refractivity contribution in [1.82, 2.24) is 14.9 Å². The van der Waals surface area contributed by atoms with E-state index in [1.807, 2.05) is 61.5 Å². The molecule has 0 bridgehead atoms. The molecule has 30 heavy (non-hydrogen) atoms. The van der Waals surface area contributed by atoms with Gasteiger partial charge in [-0.1, -0.05) is 84.6 Å². The second-order valence-electron chi connectivity index (χ2n) is 7.26. The van der Waals surface area contributed by atoms with Gasteiger partial charge in [-0.3, -0.25) is 4.79 Å². The van der Waals surface area contributed by atoms with Crippen molar-refractivity contribution >= 4 is 28.7 Å². The number of hydrogen-bond acceptors (Lipinski definition) is 3. The second kappa shape index (κ2) is 9.63. The van der Waals surface area contributed by atoms with Crippen LogP contribution in [0.1, 0.15) is 24.1 Å². The Kier molecular flexibility index (Phi) is 6.50. The number of carbonyl (C=O) groups is 1. The number of benzene rings is 3. The molecular formula is C25H25N3OS. The maximum absolute atomic E-state index is 12.5. The predicted octanol–water partition coefficient (Wildman–Crippen LogP) is 5.25. The fourth-order valence-corrected chi connectivity index (χ4v) is 4.36. The van der Waals surface area contributed by atoms with Crippen molar-refractivity contribution in [2.45, 2.75) is 31.1 Å². The van der Waals surface area contributed by atoms with Gasteiger partial charge >= 0.3 is 0 Å². The summed E-state index contributed by atoms with van der Waals surface area (Å²) in [6, 6.07) is 28.6. The number of para-hydroxylation sites is 2. The van der Waals surface area contributed by atoms with Crippen LogP contribution in [0, 0.1) is 0 Å². The van der Waals surface area contributed by atoms with Crippen LogP contribution in [-0.2, 0) is 17.8 Å². The summed E-state index contributed by atoms with van der Waals surface area (Å²) in [6.45, 7) is 2.84. The van der Waals surface area contributed by atoms with Crippen molar-refractivity contribution in [2.75, 3.05) is 5.75 Å². The van der Waals surface area contributed by atoms with E-state index in [1.165, 1.54) is 17.3 Å². The van der Waals surface area contributed by atoms with Crippen molar-refractivity contribution in [3.63, 3.8) is 0 Å². The maximum atomic E-state index is 12.5. The molecule has 4 aromatic rings. The number of nitrogens with one attached hydrogen (secondary N) is 1. The first-order valence-electron chi connectivity index (χ1n) is 10.2. The number of aromatic nitrogens is 2. The summed E-state index contributed by atoms with van der Waals surface area (Å²) in [4.78, 5) is 17.3. The Balaban J connectivity index is 1.44. The zero-order valence-electron chi connectivity index (χ0n) is 17.0. The van der Waals surface area contributed by atoms with Crippen molar-refractivity contribution in [2.24, 2.45) is 0 Å². The van der Waals surface area contributed by atoms with Crippen LogP contribution in [0.2, 0.25) is 0 Å². The van der Waals surface area contributed by atoms with Crippen LogP contribution < -0.4 is 5.32 Å². The molecule has 1 N–H and O–H groups in total. The van der Waals surface area contributed by atoms with E-state index < -0.39 is 0 Å². The molecule has 0 aliphatic rings. The summed E-state index contributed by atoms with van der Waals surface area (Å²) >= 11 is 1.49. The standard InChI is InChI=1S/C25H25N3OS/c1-19(21-12-6-3-7-13-21)26-24(29)18-30-25-27-22-14-8-9-15-23(22)28(25)17-16-20-10-4-2-5-11-20/h2-15,19H,16-18H2,1H3,(H,26,29). The summed E-state index contributed by atoms with van der Waals surface area (Å²) in [5.41, 5.74) is 4.46. The van der Waals surface area contributed by atoms with Gasteiger partial charge in [0.1, 0.15) is 0 Å². The Bertz CT molecular complexity index is 1110. The van der Waals surface area contributed by atoms with Gasteiger partial charge in [-0.25, -0.2) is 4.98 Å². The van der Waals surface area contributed by atoms with E-state index in [9.17, 15) is 4.79 Å². The molecule has 0 aliphatic carbocycles. The number of carbonyl (C=O) groups excluding carboxylic acids is 1. The molecule has 0 saturated heterocycles. The minimum Gasteiger partial charge on any atom is -0.349 e. The van der Waals surface area contributed by atoms with Crippen LogP contribution in [0.25, 0.3) is 11.0 Å². The highest BCUT2D eigenvalue weighted by Crippen LogP contribution is 2.25. The van der Waals surface area contributed by atoms with Gasteiger partial charge in [0, 0.05) is 6.54 Å². The molecule has 4 nitrogen and oxygen atoms in total. The first kappa shape index (κ1) is 20.2. The molecule has 0 radical (unpaired) electrons. The van der Waals surface area contributed by atoms with E-state index in [1.54, 1.807) is 0 Å². The number of aryl methyl sites for hydroxylation is 2. The first-order chi connectivity index (χ1) is 14.7. The van der Waals surface area contributed by atoms with Crippen LogP contribution in [0.15, 0.2) is 90.1 Å². The Morgan fingerprint density at radius 1 is 0.967 bits per heavy atom. The molecule has 0 spiro atoms. The summed E-state index contributed by atoms with van der Waals surface area (Å²) in [5, 5.41) is 3.96. The molecule has 152 valence electrons. The van der Waals surface area contributed by atoms with Gasteiger partial charge in [0.05, 0.1) is 22.8 Å². The molecule has 0 aliphatic heterocycles. The number of rotatable bonds is 8. The average Bonchev–Trinajstić information content (AvgIpc) is 3.15. The van der Waals surface area contributed by atoms with Crippen molar-refractivity contribution in [3.05, 3.63) is 96.1 Å². The Hall–Kier alpha value is -3.05. The molecular weight excluding hydrogens is 390 g/mol. The lowest BCUT2D eigenvalue weighted by Gasteiger charge is -2.14. The van der Waals surface area contributed by atoms with E-state index >= 15 is 0 Å². The predicted molar refractivity (Wildman–Crippen MR) is 124 cm³/mol. The summed E-state index contributed by atoms with van der Waals surface area (Å²) in [7, 11) is 0. The fraction of sp³-hybridized carbons (Fsp3) is 0.200. The normalized spacial score (nSPS) is 12.0. The Morgan fingerprint density at radius 3 is 2.40 bits per heavy atom. The van der Waals surface area contributed by atoms with E-state index in [4.69, 9.17) is 4.98 Å². The molecule has 1 aromatic heterocycles. The average molecular weight is 416 g/mol. The van der Waals surface area contributed by atoms with E-state index in [0.717, 1.165) is 34.7 Å². The lowest BCUT2D eigenvalue weighted by Crippen LogP contribution is -2.28. The number of amides is 1. The quantitative estimate of drug-likeness (QED) is 0.400. The lowest BCUT2D eigenvalue weighted by atomic mass is 10.1. The molecule has 0 fully saturated rings. The Labute approximate surface area is 181 Å². The Morgan fingerprint density at radius 2 is 1.63 bits per heavy atom. The summed E-state index contributed by atoms with van der Waals surface area (Å²) < 4.78 is 2.22. The monoisotopic (exact) mass is 415 g/mol. The zero-order chi connectivity index (χ0) is 20.8. The second-order valence-corrected chi connectivity index (χ2v) is 8.20. The summed E-state index contributed by atoms with van der Waals surface area (Å²) in [6.07, 6.45) is 0.923. The molecule has 0 saturated carbocycles. The minimum atomic E-state index is -0.0174. The van der Waals surface area contributed by atoms with Crippen LogP contribution in [0.3, 0.4) is 0 Å². The molecule has 1 amide bonds. The van der Waals surface area contributed by atoms with Crippen LogP contribution in [0.4, 0.5) is 0 Å².